The van der Waals surface area contributed by atoms with Gasteiger partial charge < -0.3 is 23.5 Å². The first-order chi connectivity index (χ1) is 12.2. The Labute approximate surface area is 147 Å². The van der Waals surface area contributed by atoms with E-state index in [9.17, 15) is 0 Å². The molecule has 0 atom stereocenters. The Morgan fingerprint density at radius 1 is 1.00 bits per heavy atom. The molecule has 0 aromatic heterocycles. The molecule has 0 spiro atoms. The van der Waals surface area contributed by atoms with Crippen LogP contribution in [0.3, 0.4) is 0 Å². The highest BCUT2D eigenvalue weighted by atomic mass is 16.7. The first kappa shape index (κ1) is 17.5. The largest absolute Gasteiger partial charge is 0.493 e. The molecule has 1 aliphatic rings. The van der Waals surface area contributed by atoms with Gasteiger partial charge in [0.1, 0.15) is 11.5 Å². The average molecular weight is 339 g/mol. The maximum Gasteiger partial charge on any atom is 0.493 e. The van der Waals surface area contributed by atoms with E-state index in [-0.39, 0.29) is 0 Å². The monoisotopic (exact) mass is 339 g/mol. The maximum atomic E-state index is 8.86. The number of rotatable bonds is 6. The van der Waals surface area contributed by atoms with Crippen LogP contribution in [-0.2, 0) is 18.8 Å². The Kier molecular flexibility index (Phi) is 5.69. The van der Waals surface area contributed by atoms with Crippen LogP contribution < -0.4 is 10.2 Å². The van der Waals surface area contributed by atoms with Crippen molar-refractivity contribution < 1.29 is 23.5 Å². The fourth-order valence-electron chi connectivity index (χ4n) is 2.66. The minimum absolute atomic E-state index is 0.479. The standard InChI is InChI=1S/C18H18BNO5/c1-21-19(22-2)17-8-7-15(11-16(17)18-23-9-10-24-18)25-14-5-3-13(12-20)4-6-14/h3-8,11,18H,9-10H2,1-2H3. The zero-order valence-electron chi connectivity index (χ0n) is 14.1. The highest BCUT2D eigenvalue weighted by molar-refractivity contribution is 6.61. The SMILES string of the molecule is COB(OC)c1ccc(Oc2ccc(C#N)cc2)cc1C1OCCO1. The topological polar surface area (TPSA) is 69.9 Å². The number of benzene rings is 2. The summed E-state index contributed by atoms with van der Waals surface area (Å²) in [6.45, 7) is 1.07. The van der Waals surface area contributed by atoms with Crippen LogP contribution in [0.15, 0.2) is 42.5 Å². The molecule has 0 amide bonds. The van der Waals surface area contributed by atoms with Gasteiger partial charge in [-0.3, -0.25) is 0 Å². The van der Waals surface area contributed by atoms with E-state index in [2.05, 4.69) is 6.07 Å². The van der Waals surface area contributed by atoms with Gasteiger partial charge in [0.2, 0.25) is 0 Å². The summed E-state index contributed by atoms with van der Waals surface area (Å²) in [5.74, 6) is 1.27. The fourth-order valence-corrected chi connectivity index (χ4v) is 2.66. The third-order valence-corrected chi connectivity index (χ3v) is 3.84. The molecule has 0 saturated carbocycles. The molecule has 0 radical (unpaired) electrons. The predicted octanol–water partition coefficient (Wildman–Crippen LogP) is 2.38. The molecule has 3 rings (SSSR count). The molecule has 6 nitrogen and oxygen atoms in total. The van der Waals surface area contributed by atoms with Crippen molar-refractivity contribution in [1.82, 2.24) is 0 Å². The Morgan fingerprint density at radius 3 is 2.24 bits per heavy atom. The zero-order valence-corrected chi connectivity index (χ0v) is 14.1. The summed E-state index contributed by atoms with van der Waals surface area (Å²) in [4.78, 5) is 0. The summed E-state index contributed by atoms with van der Waals surface area (Å²) in [7, 11) is 2.64. The lowest BCUT2D eigenvalue weighted by Gasteiger charge is -2.19. The van der Waals surface area contributed by atoms with Crippen molar-refractivity contribution >= 4 is 12.6 Å². The van der Waals surface area contributed by atoms with Crippen molar-refractivity contribution in [1.29, 1.82) is 5.26 Å². The quantitative estimate of drug-likeness (QED) is 0.753. The van der Waals surface area contributed by atoms with Gasteiger partial charge in [0.05, 0.1) is 24.8 Å². The Hall–Kier alpha value is -2.37. The number of hydrogen-bond donors (Lipinski definition) is 0. The van der Waals surface area contributed by atoms with Gasteiger partial charge in [-0.2, -0.15) is 5.26 Å². The fraction of sp³-hybridized carbons (Fsp3) is 0.278. The van der Waals surface area contributed by atoms with E-state index in [0.717, 1.165) is 11.0 Å². The smallest absolute Gasteiger partial charge is 0.457 e. The summed E-state index contributed by atoms with van der Waals surface area (Å²) >= 11 is 0. The number of ether oxygens (including phenoxy) is 3. The maximum absolute atomic E-state index is 8.86. The molecule has 0 bridgehead atoms. The highest BCUT2D eigenvalue weighted by Gasteiger charge is 2.29. The molecule has 0 aliphatic carbocycles. The molecule has 25 heavy (non-hydrogen) atoms. The first-order valence-corrected chi connectivity index (χ1v) is 7.86. The lowest BCUT2D eigenvalue weighted by molar-refractivity contribution is -0.0436. The van der Waals surface area contributed by atoms with Crippen molar-refractivity contribution in [3.63, 3.8) is 0 Å². The van der Waals surface area contributed by atoms with Crippen LogP contribution in [0, 0.1) is 11.3 Å². The van der Waals surface area contributed by atoms with Gasteiger partial charge in [0, 0.05) is 19.8 Å². The van der Waals surface area contributed by atoms with E-state index in [1.807, 2.05) is 18.2 Å². The minimum Gasteiger partial charge on any atom is -0.457 e. The van der Waals surface area contributed by atoms with Crippen LogP contribution in [0.1, 0.15) is 17.4 Å². The normalized spacial score (nSPS) is 14.3. The third kappa shape index (κ3) is 4.01. The molecule has 7 heteroatoms. The lowest BCUT2D eigenvalue weighted by Crippen LogP contribution is -2.38. The molecule has 2 aromatic rings. The van der Waals surface area contributed by atoms with E-state index >= 15 is 0 Å². The van der Waals surface area contributed by atoms with Crippen molar-refractivity contribution in [2.24, 2.45) is 0 Å². The van der Waals surface area contributed by atoms with Gasteiger partial charge in [0.15, 0.2) is 6.29 Å². The van der Waals surface area contributed by atoms with Crippen LogP contribution in [0.4, 0.5) is 0 Å². The van der Waals surface area contributed by atoms with Crippen LogP contribution in [0.25, 0.3) is 0 Å². The minimum atomic E-state index is -0.522. The predicted molar refractivity (Wildman–Crippen MR) is 91.7 cm³/mol. The van der Waals surface area contributed by atoms with Crippen LogP contribution in [0.2, 0.25) is 0 Å². The number of nitriles is 1. The molecule has 1 aliphatic heterocycles. The molecule has 128 valence electrons. The van der Waals surface area contributed by atoms with E-state index in [1.165, 1.54) is 0 Å². The summed E-state index contributed by atoms with van der Waals surface area (Å²) in [5.41, 5.74) is 2.21. The zero-order chi connectivity index (χ0) is 17.6. The summed E-state index contributed by atoms with van der Waals surface area (Å²) in [6, 6.07) is 14.6. The van der Waals surface area contributed by atoms with Gasteiger partial charge in [-0.15, -0.1) is 0 Å². The molecule has 0 N–H and O–H groups in total. The van der Waals surface area contributed by atoms with Gasteiger partial charge in [0.25, 0.3) is 0 Å². The van der Waals surface area contributed by atoms with Crippen molar-refractivity contribution in [2.45, 2.75) is 6.29 Å². The van der Waals surface area contributed by atoms with E-state index in [4.69, 9.17) is 28.8 Å². The summed E-state index contributed by atoms with van der Waals surface area (Å²) in [6.07, 6.45) is -0.479. The number of nitrogens with zero attached hydrogens (tertiary/aromatic N) is 1. The Bertz CT molecular complexity index is 749. The summed E-state index contributed by atoms with van der Waals surface area (Å²) < 4.78 is 27.9. The second kappa shape index (κ2) is 8.14. The molecule has 1 saturated heterocycles. The molecule has 1 fully saturated rings. The van der Waals surface area contributed by atoms with Crippen LogP contribution >= 0.6 is 0 Å². The molecule has 2 aromatic carbocycles. The highest BCUT2D eigenvalue weighted by Crippen LogP contribution is 2.28. The van der Waals surface area contributed by atoms with Crippen LogP contribution in [0.5, 0.6) is 11.5 Å². The van der Waals surface area contributed by atoms with Gasteiger partial charge in [-0.25, -0.2) is 0 Å². The first-order valence-electron chi connectivity index (χ1n) is 7.86. The van der Waals surface area contributed by atoms with Gasteiger partial charge >= 0.3 is 7.12 Å². The second-order valence-electron chi connectivity index (χ2n) is 5.41. The van der Waals surface area contributed by atoms with Gasteiger partial charge in [-0.1, -0.05) is 6.07 Å². The van der Waals surface area contributed by atoms with Crippen molar-refractivity contribution in [3.8, 4) is 17.6 Å². The Balaban J connectivity index is 1.89. The van der Waals surface area contributed by atoms with Crippen molar-refractivity contribution in [3.05, 3.63) is 53.6 Å². The van der Waals surface area contributed by atoms with E-state index in [0.29, 0.717) is 30.3 Å². The molecule has 0 unspecified atom stereocenters. The average Bonchev–Trinajstić information content (AvgIpc) is 3.19. The number of hydrogen-bond acceptors (Lipinski definition) is 6. The van der Waals surface area contributed by atoms with Crippen LogP contribution in [-0.4, -0.2) is 34.6 Å². The Morgan fingerprint density at radius 2 is 1.64 bits per heavy atom. The summed E-state index contributed by atoms with van der Waals surface area (Å²) in [5, 5.41) is 8.86. The van der Waals surface area contributed by atoms with E-state index in [1.54, 1.807) is 38.5 Å². The third-order valence-electron chi connectivity index (χ3n) is 3.84. The molecule has 1 heterocycles. The second-order valence-corrected chi connectivity index (χ2v) is 5.41. The van der Waals surface area contributed by atoms with Crippen molar-refractivity contribution in [2.75, 3.05) is 27.4 Å². The van der Waals surface area contributed by atoms with E-state index < -0.39 is 13.4 Å². The molecular formula is C18H18BNO5. The van der Waals surface area contributed by atoms with Gasteiger partial charge in [-0.05, 0) is 41.9 Å². The lowest BCUT2D eigenvalue weighted by atomic mass is 9.75. The molecular weight excluding hydrogens is 321 g/mol.